The normalized spacial score (nSPS) is 10.7. The van der Waals surface area contributed by atoms with Gasteiger partial charge in [0.15, 0.2) is 0 Å². The predicted octanol–water partition coefficient (Wildman–Crippen LogP) is 1.60. The second kappa shape index (κ2) is 4.45. The van der Waals surface area contributed by atoms with Gasteiger partial charge in [0.05, 0.1) is 11.4 Å². The summed E-state index contributed by atoms with van der Waals surface area (Å²) in [6, 6.07) is 4.07. The van der Waals surface area contributed by atoms with Crippen molar-refractivity contribution >= 4 is 0 Å². The standard InChI is InChI=1S/C12H16N4/c1-9-6-10(2)16(15-9)12-4-5-14-8-11(12)7-13-3/h4-6,8,13H,7H2,1-3H3. The zero-order chi connectivity index (χ0) is 11.5. The van der Waals surface area contributed by atoms with Crippen LogP contribution in [0.5, 0.6) is 0 Å². The average molecular weight is 216 g/mol. The van der Waals surface area contributed by atoms with Crippen LogP contribution in [0.25, 0.3) is 5.69 Å². The van der Waals surface area contributed by atoms with Crippen LogP contribution in [-0.4, -0.2) is 21.8 Å². The van der Waals surface area contributed by atoms with E-state index in [2.05, 4.69) is 28.4 Å². The van der Waals surface area contributed by atoms with Gasteiger partial charge < -0.3 is 5.32 Å². The summed E-state index contributed by atoms with van der Waals surface area (Å²) in [4.78, 5) is 4.14. The van der Waals surface area contributed by atoms with E-state index in [0.717, 1.165) is 29.2 Å². The van der Waals surface area contributed by atoms with Crippen LogP contribution in [0, 0.1) is 13.8 Å². The Morgan fingerprint density at radius 1 is 1.38 bits per heavy atom. The first kappa shape index (κ1) is 10.8. The topological polar surface area (TPSA) is 42.7 Å². The lowest BCUT2D eigenvalue weighted by molar-refractivity contribution is 0.770. The summed E-state index contributed by atoms with van der Waals surface area (Å²) in [6.45, 7) is 4.85. The Bertz CT molecular complexity index is 488. The maximum absolute atomic E-state index is 4.48. The number of hydrogen-bond donors (Lipinski definition) is 1. The van der Waals surface area contributed by atoms with E-state index >= 15 is 0 Å². The molecular formula is C12H16N4. The number of nitrogens with one attached hydrogen (secondary N) is 1. The van der Waals surface area contributed by atoms with Crippen molar-refractivity contribution in [3.8, 4) is 5.69 Å². The van der Waals surface area contributed by atoms with E-state index in [1.54, 1.807) is 6.20 Å². The van der Waals surface area contributed by atoms with Crippen molar-refractivity contribution in [2.45, 2.75) is 20.4 Å². The van der Waals surface area contributed by atoms with Gasteiger partial charge in [-0.05, 0) is 33.0 Å². The highest BCUT2D eigenvalue weighted by Gasteiger charge is 2.07. The summed E-state index contributed by atoms with van der Waals surface area (Å²) in [5.74, 6) is 0. The van der Waals surface area contributed by atoms with Gasteiger partial charge in [-0.15, -0.1) is 0 Å². The van der Waals surface area contributed by atoms with Crippen LogP contribution in [0.1, 0.15) is 17.0 Å². The summed E-state index contributed by atoms with van der Waals surface area (Å²) in [5, 5.41) is 7.62. The van der Waals surface area contributed by atoms with Gasteiger partial charge in [-0.1, -0.05) is 0 Å². The van der Waals surface area contributed by atoms with Crippen molar-refractivity contribution in [2.24, 2.45) is 0 Å². The van der Waals surface area contributed by atoms with E-state index in [9.17, 15) is 0 Å². The molecule has 0 aliphatic carbocycles. The number of aryl methyl sites for hydroxylation is 2. The molecule has 1 N–H and O–H groups in total. The average Bonchev–Trinajstić information content (AvgIpc) is 2.59. The third-order valence-corrected chi connectivity index (χ3v) is 2.48. The first-order chi connectivity index (χ1) is 7.72. The highest BCUT2D eigenvalue weighted by atomic mass is 15.3. The van der Waals surface area contributed by atoms with Gasteiger partial charge in [0.25, 0.3) is 0 Å². The zero-order valence-corrected chi connectivity index (χ0v) is 9.86. The van der Waals surface area contributed by atoms with Gasteiger partial charge in [-0.25, -0.2) is 4.68 Å². The van der Waals surface area contributed by atoms with E-state index in [0.29, 0.717) is 0 Å². The van der Waals surface area contributed by atoms with E-state index < -0.39 is 0 Å². The van der Waals surface area contributed by atoms with Crippen LogP contribution in [0.3, 0.4) is 0 Å². The molecule has 0 fully saturated rings. The molecule has 4 heteroatoms. The third-order valence-electron chi connectivity index (χ3n) is 2.48. The molecule has 2 aromatic heterocycles. The molecule has 0 saturated heterocycles. The quantitative estimate of drug-likeness (QED) is 0.847. The Kier molecular flexibility index (Phi) is 3.01. The predicted molar refractivity (Wildman–Crippen MR) is 63.6 cm³/mol. The third kappa shape index (κ3) is 1.97. The Balaban J connectivity index is 2.50. The van der Waals surface area contributed by atoms with Gasteiger partial charge in [-0.3, -0.25) is 4.98 Å². The van der Waals surface area contributed by atoms with Crippen molar-refractivity contribution in [1.29, 1.82) is 0 Å². The van der Waals surface area contributed by atoms with Gasteiger partial charge in [0, 0.05) is 30.2 Å². The molecule has 16 heavy (non-hydrogen) atoms. The van der Waals surface area contributed by atoms with Crippen LogP contribution in [0.2, 0.25) is 0 Å². The first-order valence-corrected chi connectivity index (χ1v) is 5.33. The summed E-state index contributed by atoms with van der Waals surface area (Å²) in [6.07, 6.45) is 3.67. The smallest absolute Gasteiger partial charge is 0.0724 e. The fourth-order valence-electron chi connectivity index (χ4n) is 1.83. The molecule has 2 aromatic rings. The number of hydrogen-bond acceptors (Lipinski definition) is 3. The molecule has 0 aliphatic heterocycles. The fourth-order valence-corrected chi connectivity index (χ4v) is 1.83. The summed E-state index contributed by atoms with van der Waals surface area (Å²) in [7, 11) is 1.93. The Labute approximate surface area is 95.3 Å². The van der Waals surface area contributed by atoms with Crippen LogP contribution in [-0.2, 0) is 6.54 Å². The monoisotopic (exact) mass is 216 g/mol. The maximum Gasteiger partial charge on any atom is 0.0724 e. The van der Waals surface area contributed by atoms with E-state index in [-0.39, 0.29) is 0 Å². The number of pyridine rings is 1. The number of rotatable bonds is 3. The van der Waals surface area contributed by atoms with Gasteiger partial charge in [-0.2, -0.15) is 5.10 Å². The molecule has 0 aromatic carbocycles. The summed E-state index contributed by atoms with van der Waals surface area (Å²) in [5.41, 5.74) is 4.41. The minimum atomic E-state index is 0.793. The summed E-state index contributed by atoms with van der Waals surface area (Å²) >= 11 is 0. The van der Waals surface area contributed by atoms with Crippen molar-refractivity contribution in [2.75, 3.05) is 7.05 Å². The highest BCUT2D eigenvalue weighted by Crippen LogP contribution is 2.15. The van der Waals surface area contributed by atoms with E-state index in [4.69, 9.17) is 0 Å². The van der Waals surface area contributed by atoms with Crippen LogP contribution in [0.15, 0.2) is 24.5 Å². The van der Waals surface area contributed by atoms with Crippen molar-refractivity contribution < 1.29 is 0 Å². The lowest BCUT2D eigenvalue weighted by Crippen LogP contribution is -2.10. The molecule has 2 rings (SSSR count). The Hall–Kier alpha value is -1.68. The van der Waals surface area contributed by atoms with Gasteiger partial charge >= 0.3 is 0 Å². The molecule has 0 bridgehead atoms. The molecule has 4 nitrogen and oxygen atoms in total. The molecule has 0 aliphatic rings. The molecular weight excluding hydrogens is 200 g/mol. The molecule has 0 spiro atoms. The lowest BCUT2D eigenvalue weighted by Gasteiger charge is -2.09. The van der Waals surface area contributed by atoms with Crippen LogP contribution < -0.4 is 5.32 Å². The maximum atomic E-state index is 4.48. The van der Waals surface area contributed by atoms with Crippen LogP contribution in [0.4, 0.5) is 0 Å². The zero-order valence-electron chi connectivity index (χ0n) is 9.86. The second-order valence-corrected chi connectivity index (χ2v) is 3.87. The molecule has 0 atom stereocenters. The molecule has 0 unspecified atom stereocenters. The fraction of sp³-hybridized carbons (Fsp3) is 0.333. The Morgan fingerprint density at radius 2 is 2.19 bits per heavy atom. The molecule has 2 heterocycles. The van der Waals surface area contributed by atoms with Gasteiger partial charge in [0.1, 0.15) is 0 Å². The summed E-state index contributed by atoms with van der Waals surface area (Å²) < 4.78 is 1.96. The number of aromatic nitrogens is 3. The Morgan fingerprint density at radius 3 is 2.81 bits per heavy atom. The molecule has 0 saturated carbocycles. The van der Waals surface area contributed by atoms with E-state index in [1.807, 2.05) is 30.9 Å². The highest BCUT2D eigenvalue weighted by molar-refractivity contribution is 5.39. The van der Waals surface area contributed by atoms with Gasteiger partial charge in [0.2, 0.25) is 0 Å². The second-order valence-electron chi connectivity index (χ2n) is 3.87. The minimum absolute atomic E-state index is 0.793. The van der Waals surface area contributed by atoms with Crippen molar-refractivity contribution in [1.82, 2.24) is 20.1 Å². The van der Waals surface area contributed by atoms with Crippen LogP contribution >= 0.6 is 0 Å². The molecule has 0 radical (unpaired) electrons. The first-order valence-electron chi connectivity index (χ1n) is 5.33. The molecule has 0 amide bonds. The largest absolute Gasteiger partial charge is 0.316 e. The lowest BCUT2D eigenvalue weighted by atomic mass is 10.2. The van der Waals surface area contributed by atoms with Crippen molar-refractivity contribution in [3.63, 3.8) is 0 Å². The molecule has 84 valence electrons. The minimum Gasteiger partial charge on any atom is -0.316 e. The SMILES string of the molecule is CNCc1cnccc1-n1nc(C)cc1C. The van der Waals surface area contributed by atoms with Crippen molar-refractivity contribution in [3.05, 3.63) is 41.5 Å². The van der Waals surface area contributed by atoms with E-state index in [1.165, 1.54) is 0 Å². The number of nitrogens with zero attached hydrogens (tertiary/aromatic N) is 3.